The Morgan fingerprint density at radius 1 is 1.39 bits per heavy atom. The molecule has 6 nitrogen and oxygen atoms in total. The molecule has 0 fully saturated rings. The summed E-state index contributed by atoms with van der Waals surface area (Å²) in [4.78, 5) is 16.2. The number of hydrogen-bond acceptors (Lipinski definition) is 4. The SMILES string of the molecule is Cn1ncc2nc(N)n(CCCCCBr)c2c1=O. The second-order valence-electron chi connectivity index (χ2n) is 4.18. The fourth-order valence-corrected chi connectivity index (χ4v) is 2.32. The number of imidazole rings is 1. The lowest BCUT2D eigenvalue weighted by Gasteiger charge is -2.05. The van der Waals surface area contributed by atoms with E-state index in [0.29, 0.717) is 23.5 Å². The minimum absolute atomic E-state index is 0.155. The van der Waals surface area contributed by atoms with Gasteiger partial charge in [0.2, 0.25) is 5.95 Å². The number of unbranched alkanes of at least 4 members (excludes halogenated alkanes) is 2. The van der Waals surface area contributed by atoms with Gasteiger partial charge in [-0.1, -0.05) is 22.4 Å². The van der Waals surface area contributed by atoms with Crippen LogP contribution in [0.2, 0.25) is 0 Å². The van der Waals surface area contributed by atoms with Gasteiger partial charge in [0.25, 0.3) is 5.56 Å². The van der Waals surface area contributed by atoms with Crippen molar-refractivity contribution in [2.45, 2.75) is 25.8 Å². The van der Waals surface area contributed by atoms with E-state index in [9.17, 15) is 4.79 Å². The molecule has 2 aromatic rings. The van der Waals surface area contributed by atoms with Gasteiger partial charge in [-0.25, -0.2) is 9.67 Å². The van der Waals surface area contributed by atoms with Crippen molar-refractivity contribution in [2.75, 3.05) is 11.1 Å². The highest BCUT2D eigenvalue weighted by molar-refractivity contribution is 9.09. The Hall–Kier alpha value is -1.37. The van der Waals surface area contributed by atoms with E-state index in [-0.39, 0.29) is 5.56 Å². The molecule has 2 rings (SSSR count). The number of alkyl halides is 1. The van der Waals surface area contributed by atoms with Crippen LogP contribution in [0, 0.1) is 0 Å². The van der Waals surface area contributed by atoms with Crippen molar-refractivity contribution in [3.8, 4) is 0 Å². The van der Waals surface area contributed by atoms with Crippen LogP contribution >= 0.6 is 15.9 Å². The maximum atomic E-state index is 12.0. The number of rotatable bonds is 5. The summed E-state index contributed by atoms with van der Waals surface area (Å²) < 4.78 is 3.09. The van der Waals surface area contributed by atoms with Gasteiger partial charge < -0.3 is 10.3 Å². The maximum absolute atomic E-state index is 12.0. The van der Waals surface area contributed by atoms with Gasteiger partial charge in [-0.05, 0) is 12.8 Å². The molecule has 18 heavy (non-hydrogen) atoms. The van der Waals surface area contributed by atoms with Gasteiger partial charge in [0.1, 0.15) is 11.0 Å². The molecule has 0 aliphatic heterocycles. The van der Waals surface area contributed by atoms with Crippen molar-refractivity contribution >= 4 is 32.9 Å². The number of aryl methyl sites for hydroxylation is 2. The molecule has 0 aliphatic carbocycles. The topological polar surface area (TPSA) is 78.7 Å². The number of nitrogens with zero attached hydrogens (tertiary/aromatic N) is 4. The van der Waals surface area contributed by atoms with Gasteiger partial charge in [0.05, 0.1) is 6.20 Å². The molecule has 0 aliphatic rings. The van der Waals surface area contributed by atoms with Crippen LogP contribution in [-0.2, 0) is 13.6 Å². The minimum atomic E-state index is -0.155. The summed E-state index contributed by atoms with van der Waals surface area (Å²) in [7, 11) is 1.63. The first kappa shape index (κ1) is 13.1. The highest BCUT2D eigenvalue weighted by atomic mass is 79.9. The Morgan fingerprint density at radius 2 is 2.17 bits per heavy atom. The van der Waals surface area contributed by atoms with E-state index in [1.54, 1.807) is 17.8 Å². The Bertz CT molecular complexity index is 603. The summed E-state index contributed by atoms with van der Waals surface area (Å²) in [6.45, 7) is 0.717. The molecule has 2 aromatic heterocycles. The second-order valence-corrected chi connectivity index (χ2v) is 4.97. The fraction of sp³-hybridized carbons (Fsp3) is 0.545. The van der Waals surface area contributed by atoms with Crippen LogP contribution in [0.1, 0.15) is 19.3 Å². The van der Waals surface area contributed by atoms with Crippen molar-refractivity contribution in [3.63, 3.8) is 0 Å². The highest BCUT2D eigenvalue weighted by Crippen LogP contribution is 2.14. The first-order valence-corrected chi connectivity index (χ1v) is 7.01. The van der Waals surface area contributed by atoms with Gasteiger partial charge in [-0.3, -0.25) is 4.79 Å². The third kappa shape index (κ3) is 2.40. The van der Waals surface area contributed by atoms with E-state index in [2.05, 4.69) is 26.0 Å². The van der Waals surface area contributed by atoms with Crippen LogP contribution in [0.4, 0.5) is 5.95 Å². The monoisotopic (exact) mass is 313 g/mol. The number of aromatic nitrogens is 4. The van der Waals surface area contributed by atoms with Crippen molar-refractivity contribution in [1.29, 1.82) is 0 Å². The lowest BCUT2D eigenvalue weighted by Crippen LogP contribution is -2.21. The fourth-order valence-electron chi connectivity index (χ4n) is 1.92. The van der Waals surface area contributed by atoms with Crippen molar-refractivity contribution in [3.05, 3.63) is 16.6 Å². The quantitative estimate of drug-likeness (QED) is 0.666. The van der Waals surface area contributed by atoms with Crippen LogP contribution in [0.25, 0.3) is 11.0 Å². The van der Waals surface area contributed by atoms with Crippen LogP contribution in [0.15, 0.2) is 11.0 Å². The van der Waals surface area contributed by atoms with Crippen LogP contribution in [0.5, 0.6) is 0 Å². The highest BCUT2D eigenvalue weighted by Gasteiger charge is 2.12. The first-order valence-electron chi connectivity index (χ1n) is 5.89. The molecular formula is C11H16BrN5O. The smallest absolute Gasteiger partial charge is 0.292 e. The zero-order chi connectivity index (χ0) is 13.1. The third-order valence-electron chi connectivity index (χ3n) is 2.89. The third-order valence-corrected chi connectivity index (χ3v) is 3.45. The molecule has 0 radical (unpaired) electrons. The molecule has 98 valence electrons. The van der Waals surface area contributed by atoms with E-state index < -0.39 is 0 Å². The zero-order valence-corrected chi connectivity index (χ0v) is 11.9. The lowest BCUT2D eigenvalue weighted by molar-refractivity contribution is 0.617. The summed E-state index contributed by atoms with van der Waals surface area (Å²) in [6, 6.07) is 0. The number of nitrogens with two attached hydrogens (primary N) is 1. The maximum Gasteiger partial charge on any atom is 0.292 e. The predicted octanol–water partition coefficient (Wildman–Crippen LogP) is 1.28. The largest absolute Gasteiger partial charge is 0.369 e. The van der Waals surface area contributed by atoms with Gasteiger partial charge >= 0.3 is 0 Å². The molecule has 0 unspecified atom stereocenters. The molecule has 2 heterocycles. The van der Waals surface area contributed by atoms with Crippen molar-refractivity contribution in [1.82, 2.24) is 19.3 Å². The predicted molar refractivity (Wildman–Crippen MR) is 74.8 cm³/mol. The normalized spacial score (nSPS) is 11.2. The van der Waals surface area contributed by atoms with Gasteiger partial charge in [-0.15, -0.1) is 0 Å². The van der Waals surface area contributed by atoms with Crippen LogP contribution < -0.4 is 11.3 Å². The molecule has 0 atom stereocenters. The summed E-state index contributed by atoms with van der Waals surface area (Å²) in [6.07, 6.45) is 4.76. The van der Waals surface area contributed by atoms with E-state index >= 15 is 0 Å². The molecule has 0 spiro atoms. The van der Waals surface area contributed by atoms with E-state index in [0.717, 1.165) is 24.6 Å². The number of anilines is 1. The molecule has 7 heteroatoms. The molecular weight excluding hydrogens is 298 g/mol. The minimum Gasteiger partial charge on any atom is -0.369 e. The number of nitrogen functional groups attached to an aromatic ring is 1. The van der Waals surface area contributed by atoms with Crippen LogP contribution in [-0.4, -0.2) is 24.7 Å². The average molecular weight is 314 g/mol. The second kappa shape index (κ2) is 5.51. The van der Waals surface area contributed by atoms with E-state index in [1.807, 2.05) is 0 Å². The summed E-state index contributed by atoms with van der Waals surface area (Å²) in [5, 5.41) is 4.94. The summed E-state index contributed by atoms with van der Waals surface area (Å²) >= 11 is 3.40. The Labute approximate surface area is 113 Å². The standard InChI is InChI=1S/C11H16BrN5O/c1-16-10(18)9-8(7-14-16)15-11(13)17(9)6-4-2-3-5-12/h7H,2-6H2,1H3,(H2,13,15). The molecule has 2 N–H and O–H groups in total. The Morgan fingerprint density at radius 3 is 2.89 bits per heavy atom. The molecule has 0 aromatic carbocycles. The number of hydrogen-bond donors (Lipinski definition) is 1. The zero-order valence-electron chi connectivity index (χ0n) is 10.3. The lowest BCUT2D eigenvalue weighted by atomic mass is 10.2. The van der Waals surface area contributed by atoms with Crippen LogP contribution in [0.3, 0.4) is 0 Å². The summed E-state index contributed by atoms with van der Waals surface area (Å²) in [5.74, 6) is 0.383. The summed E-state index contributed by atoms with van der Waals surface area (Å²) in [5.41, 5.74) is 6.81. The van der Waals surface area contributed by atoms with Crippen molar-refractivity contribution < 1.29 is 0 Å². The molecule has 0 bridgehead atoms. The first-order chi connectivity index (χ1) is 8.65. The molecule has 0 amide bonds. The van der Waals surface area contributed by atoms with E-state index in [1.165, 1.54) is 4.68 Å². The molecule has 0 saturated heterocycles. The number of halogens is 1. The van der Waals surface area contributed by atoms with Crippen molar-refractivity contribution in [2.24, 2.45) is 7.05 Å². The molecule has 0 saturated carbocycles. The van der Waals surface area contributed by atoms with Gasteiger partial charge in [-0.2, -0.15) is 5.10 Å². The average Bonchev–Trinajstić information content (AvgIpc) is 2.67. The number of fused-ring (bicyclic) bond motifs is 1. The van der Waals surface area contributed by atoms with Gasteiger partial charge in [0, 0.05) is 18.9 Å². The Kier molecular flexibility index (Phi) is 4.00. The van der Waals surface area contributed by atoms with E-state index in [4.69, 9.17) is 5.73 Å². The Balaban J connectivity index is 2.34. The van der Waals surface area contributed by atoms with Gasteiger partial charge in [0.15, 0.2) is 0 Å².